The molecule has 0 saturated carbocycles. The van der Waals surface area contributed by atoms with Gasteiger partial charge < -0.3 is 0 Å². The number of hydrogen-bond donors (Lipinski definition) is 0. The van der Waals surface area contributed by atoms with Crippen molar-refractivity contribution in [2.45, 2.75) is 25.8 Å². The Balaban J connectivity index is 2.09. The predicted octanol–water partition coefficient (Wildman–Crippen LogP) is 2.28. The fraction of sp³-hybridized carbons (Fsp3) is 0.333. The number of aryl methyl sites for hydroxylation is 1. The second-order valence-corrected chi connectivity index (χ2v) is 3.90. The molecular formula is C12H13N3. The molecule has 3 heteroatoms. The first-order chi connectivity index (χ1) is 7.45. The molecule has 0 N–H and O–H groups in total. The molecule has 0 radical (unpaired) electrons. The van der Waals surface area contributed by atoms with Gasteiger partial charge in [-0.3, -0.25) is 9.67 Å². The number of nitrogens with zero attached hydrogens (tertiary/aromatic N) is 3. The topological polar surface area (TPSA) is 30.7 Å². The summed E-state index contributed by atoms with van der Waals surface area (Å²) in [5, 5.41) is 4.41. The number of hydrogen-bond acceptors (Lipinski definition) is 2. The highest BCUT2D eigenvalue weighted by Gasteiger charge is 2.15. The van der Waals surface area contributed by atoms with Crippen molar-refractivity contribution in [3.05, 3.63) is 36.3 Å². The van der Waals surface area contributed by atoms with Crippen molar-refractivity contribution in [2.24, 2.45) is 0 Å². The van der Waals surface area contributed by atoms with Crippen LogP contribution in [0.4, 0.5) is 0 Å². The molecule has 15 heavy (non-hydrogen) atoms. The Morgan fingerprint density at radius 3 is 3.07 bits per heavy atom. The Hall–Kier alpha value is -1.64. The van der Waals surface area contributed by atoms with Crippen LogP contribution in [0.25, 0.3) is 11.3 Å². The first-order valence-corrected chi connectivity index (χ1v) is 5.41. The largest absolute Gasteiger partial charge is 0.269 e. The molecule has 3 nitrogen and oxygen atoms in total. The van der Waals surface area contributed by atoms with Crippen LogP contribution in [0.15, 0.2) is 30.6 Å². The average molecular weight is 199 g/mol. The molecule has 0 aliphatic carbocycles. The van der Waals surface area contributed by atoms with Crippen LogP contribution in [0.1, 0.15) is 18.5 Å². The van der Waals surface area contributed by atoms with Crippen LogP contribution < -0.4 is 0 Å². The summed E-state index contributed by atoms with van der Waals surface area (Å²) in [6.07, 6.45) is 7.43. The SMILES string of the molecule is c1ccc(-c2cnn3c2CCCC3)nc1. The number of rotatable bonds is 1. The van der Waals surface area contributed by atoms with Gasteiger partial charge in [0.05, 0.1) is 11.9 Å². The first-order valence-electron chi connectivity index (χ1n) is 5.41. The van der Waals surface area contributed by atoms with Crippen LogP contribution in [0.2, 0.25) is 0 Å². The average Bonchev–Trinajstić information content (AvgIpc) is 2.74. The van der Waals surface area contributed by atoms with Crippen molar-refractivity contribution >= 4 is 0 Å². The minimum atomic E-state index is 1.04. The van der Waals surface area contributed by atoms with E-state index < -0.39 is 0 Å². The predicted molar refractivity (Wildman–Crippen MR) is 58.4 cm³/mol. The van der Waals surface area contributed by atoms with Gasteiger partial charge >= 0.3 is 0 Å². The minimum Gasteiger partial charge on any atom is -0.269 e. The summed E-state index contributed by atoms with van der Waals surface area (Å²) in [6, 6.07) is 6.02. The molecule has 2 aromatic rings. The van der Waals surface area contributed by atoms with Gasteiger partial charge in [0.1, 0.15) is 0 Å². The van der Waals surface area contributed by atoms with Gasteiger partial charge in [0.15, 0.2) is 0 Å². The van der Waals surface area contributed by atoms with Crippen LogP contribution in [-0.2, 0) is 13.0 Å². The maximum Gasteiger partial charge on any atom is 0.0736 e. The standard InChI is InChI=1S/C12H13N3/c1-3-7-13-11(5-1)10-9-14-15-8-4-2-6-12(10)15/h1,3,5,7,9H,2,4,6,8H2. The summed E-state index contributed by atoms with van der Waals surface area (Å²) in [5.41, 5.74) is 3.59. The zero-order valence-corrected chi connectivity index (χ0v) is 8.56. The van der Waals surface area contributed by atoms with E-state index in [0.717, 1.165) is 18.7 Å². The molecule has 1 aliphatic heterocycles. The lowest BCUT2D eigenvalue weighted by Crippen LogP contribution is -2.11. The molecule has 0 saturated heterocycles. The lowest BCUT2D eigenvalue weighted by molar-refractivity contribution is 0.487. The first kappa shape index (κ1) is 8.65. The molecule has 1 aliphatic rings. The van der Waals surface area contributed by atoms with Gasteiger partial charge in [0.2, 0.25) is 0 Å². The summed E-state index contributed by atoms with van der Waals surface area (Å²) in [6.45, 7) is 1.06. The van der Waals surface area contributed by atoms with E-state index in [1.165, 1.54) is 24.1 Å². The minimum absolute atomic E-state index is 1.04. The van der Waals surface area contributed by atoms with Crippen molar-refractivity contribution < 1.29 is 0 Å². The number of aromatic nitrogens is 3. The number of fused-ring (bicyclic) bond motifs is 1. The van der Waals surface area contributed by atoms with Crippen LogP contribution in [-0.4, -0.2) is 14.8 Å². The van der Waals surface area contributed by atoms with Crippen molar-refractivity contribution in [3.63, 3.8) is 0 Å². The van der Waals surface area contributed by atoms with Gasteiger partial charge in [0.25, 0.3) is 0 Å². The maximum atomic E-state index is 4.41. The third-order valence-electron chi connectivity index (χ3n) is 2.92. The third-order valence-corrected chi connectivity index (χ3v) is 2.92. The van der Waals surface area contributed by atoms with E-state index in [4.69, 9.17) is 0 Å². The summed E-state index contributed by atoms with van der Waals surface area (Å²) in [4.78, 5) is 4.38. The summed E-state index contributed by atoms with van der Waals surface area (Å²) in [7, 11) is 0. The highest BCUT2D eigenvalue weighted by atomic mass is 15.3. The second-order valence-electron chi connectivity index (χ2n) is 3.90. The molecule has 3 heterocycles. The van der Waals surface area contributed by atoms with Crippen molar-refractivity contribution in [2.75, 3.05) is 0 Å². The van der Waals surface area contributed by atoms with Crippen LogP contribution >= 0.6 is 0 Å². The normalized spacial score (nSPS) is 14.9. The molecule has 76 valence electrons. The Labute approximate surface area is 88.8 Å². The zero-order valence-electron chi connectivity index (χ0n) is 8.56. The van der Waals surface area contributed by atoms with Gasteiger partial charge in [-0.05, 0) is 31.4 Å². The lowest BCUT2D eigenvalue weighted by Gasteiger charge is -2.14. The van der Waals surface area contributed by atoms with E-state index in [2.05, 4.69) is 14.8 Å². The Morgan fingerprint density at radius 1 is 1.20 bits per heavy atom. The fourth-order valence-electron chi connectivity index (χ4n) is 2.16. The van der Waals surface area contributed by atoms with Gasteiger partial charge in [-0.1, -0.05) is 6.07 Å². The molecule has 0 unspecified atom stereocenters. The van der Waals surface area contributed by atoms with Gasteiger partial charge in [-0.15, -0.1) is 0 Å². The monoisotopic (exact) mass is 199 g/mol. The van der Waals surface area contributed by atoms with E-state index >= 15 is 0 Å². The highest BCUT2D eigenvalue weighted by molar-refractivity contribution is 5.61. The molecule has 0 spiro atoms. The van der Waals surface area contributed by atoms with Crippen molar-refractivity contribution in [3.8, 4) is 11.3 Å². The van der Waals surface area contributed by atoms with E-state index in [0.29, 0.717) is 0 Å². The zero-order chi connectivity index (χ0) is 10.1. The molecule has 0 amide bonds. The molecule has 2 aromatic heterocycles. The molecular weight excluding hydrogens is 186 g/mol. The molecule has 3 rings (SSSR count). The Bertz CT molecular complexity index is 459. The van der Waals surface area contributed by atoms with Crippen LogP contribution in [0.3, 0.4) is 0 Å². The van der Waals surface area contributed by atoms with E-state index in [1.807, 2.05) is 30.6 Å². The van der Waals surface area contributed by atoms with Gasteiger partial charge in [-0.2, -0.15) is 5.10 Å². The van der Waals surface area contributed by atoms with Crippen LogP contribution in [0.5, 0.6) is 0 Å². The summed E-state index contributed by atoms with van der Waals surface area (Å²) in [5.74, 6) is 0. The Morgan fingerprint density at radius 2 is 2.20 bits per heavy atom. The van der Waals surface area contributed by atoms with E-state index in [-0.39, 0.29) is 0 Å². The quantitative estimate of drug-likeness (QED) is 0.705. The van der Waals surface area contributed by atoms with Crippen molar-refractivity contribution in [1.29, 1.82) is 0 Å². The molecule has 0 atom stereocenters. The Kier molecular flexibility index (Phi) is 2.02. The number of pyridine rings is 1. The molecule has 0 aromatic carbocycles. The molecule has 0 fully saturated rings. The summed E-state index contributed by atoms with van der Waals surface area (Å²) >= 11 is 0. The van der Waals surface area contributed by atoms with Crippen molar-refractivity contribution in [1.82, 2.24) is 14.8 Å². The van der Waals surface area contributed by atoms with Crippen LogP contribution in [0, 0.1) is 0 Å². The van der Waals surface area contributed by atoms with Gasteiger partial charge in [0, 0.05) is 24.0 Å². The smallest absolute Gasteiger partial charge is 0.0736 e. The van der Waals surface area contributed by atoms with E-state index in [9.17, 15) is 0 Å². The van der Waals surface area contributed by atoms with Gasteiger partial charge in [-0.25, -0.2) is 0 Å². The summed E-state index contributed by atoms with van der Waals surface area (Å²) < 4.78 is 2.12. The highest BCUT2D eigenvalue weighted by Crippen LogP contribution is 2.25. The lowest BCUT2D eigenvalue weighted by atomic mass is 10.0. The fourth-order valence-corrected chi connectivity index (χ4v) is 2.16. The molecule has 0 bridgehead atoms. The second kappa shape index (κ2) is 3.50. The van der Waals surface area contributed by atoms with E-state index in [1.54, 1.807) is 0 Å². The maximum absolute atomic E-state index is 4.41. The third kappa shape index (κ3) is 1.44.